The van der Waals surface area contributed by atoms with Gasteiger partial charge in [0.25, 0.3) is 0 Å². The third kappa shape index (κ3) is 5.19. The second-order valence-corrected chi connectivity index (χ2v) is 4.98. The van der Waals surface area contributed by atoms with Crippen LogP contribution in [0.15, 0.2) is 24.3 Å². The SMILES string of the molecule is CCCNC(COC(C)C)c1ccc(CC)cc1. The van der Waals surface area contributed by atoms with Crippen LogP contribution in [-0.2, 0) is 11.2 Å². The highest BCUT2D eigenvalue weighted by Crippen LogP contribution is 2.15. The van der Waals surface area contributed by atoms with Crippen LogP contribution < -0.4 is 5.32 Å². The second-order valence-electron chi connectivity index (χ2n) is 4.98. The van der Waals surface area contributed by atoms with Crippen molar-refractivity contribution in [2.75, 3.05) is 13.2 Å². The van der Waals surface area contributed by atoms with Crippen LogP contribution in [0.25, 0.3) is 0 Å². The largest absolute Gasteiger partial charge is 0.377 e. The minimum atomic E-state index is 0.283. The number of aryl methyl sites for hydroxylation is 1. The van der Waals surface area contributed by atoms with Gasteiger partial charge in [-0.25, -0.2) is 0 Å². The highest BCUT2D eigenvalue weighted by molar-refractivity contribution is 5.25. The minimum Gasteiger partial charge on any atom is -0.377 e. The maximum Gasteiger partial charge on any atom is 0.0664 e. The van der Waals surface area contributed by atoms with E-state index in [4.69, 9.17) is 4.74 Å². The van der Waals surface area contributed by atoms with Crippen molar-refractivity contribution in [2.45, 2.75) is 52.7 Å². The van der Waals surface area contributed by atoms with E-state index < -0.39 is 0 Å². The number of ether oxygens (including phenoxy) is 1. The molecule has 1 aromatic carbocycles. The fourth-order valence-electron chi connectivity index (χ4n) is 1.87. The third-order valence-electron chi connectivity index (χ3n) is 3.03. The summed E-state index contributed by atoms with van der Waals surface area (Å²) in [5, 5.41) is 3.55. The molecule has 0 saturated heterocycles. The molecule has 0 heterocycles. The Morgan fingerprint density at radius 1 is 1.11 bits per heavy atom. The van der Waals surface area contributed by atoms with Crippen molar-refractivity contribution in [3.63, 3.8) is 0 Å². The summed E-state index contributed by atoms with van der Waals surface area (Å²) in [7, 11) is 0. The molecule has 0 amide bonds. The average Bonchev–Trinajstić information content (AvgIpc) is 2.39. The Balaban J connectivity index is 2.66. The zero-order chi connectivity index (χ0) is 13.4. The van der Waals surface area contributed by atoms with E-state index in [0.717, 1.165) is 26.0 Å². The Labute approximate surface area is 112 Å². The van der Waals surface area contributed by atoms with E-state index >= 15 is 0 Å². The van der Waals surface area contributed by atoms with E-state index in [1.165, 1.54) is 11.1 Å². The lowest BCUT2D eigenvalue weighted by Crippen LogP contribution is -2.27. The summed E-state index contributed by atoms with van der Waals surface area (Å²) >= 11 is 0. The Morgan fingerprint density at radius 2 is 1.78 bits per heavy atom. The molecule has 1 rings (SSSR count). The summed E-state index contributed by atoms with van der Waals surface area (Å²) in [5.41, 5.74) is 2.71. The molecule has 102 valence electrons. The number of nitrogens with one attached hydrogen (secondary N) is 1. The van der Waals surface area contributed by atoms with Gasteiger partial charge in [-0.2, -0.15) is 0 Å². The maximum atomic E-state index is 5.75. The van der Waals surface area contributed by atoms with Gasteiger partial charge < -0.3 is 10.1 Å². The quantitative estimate of drug-likeness (QED) is 0.758. The molecule has 0 aliphatic rings. The van der Waals surface area contributed by atoms with Crippen LogP contribution in [0.2, 0.25) is 0 Å². The van der Waals surface area contributed by atoms with Crippen molar-refractivity contribution in [3.8, 4) is 0 Å². The molecule has 0 aromatic heterocycles. The highest BCUT2D eigenvalue weighted by Gasteiger charge is 2.11. The van der Waals surface area contributed by atoms with E-state index in [-0.39, 0.29) is 6.10 Å². The molecular weight excluding hydrogens is 222 g/mol. The fraction of sp³-hybridized carbons (Fsp3) is 0.625. The van der Waals surface area contributed by atoms with Gasteiger partial charge in [-0.15, -0.1) is 0 Å². The zero-order valence-electron chi connectivity index (χ0n) is 12.2. The molecule has 0 fully saturated rings. The molecule has 18 heavy (non-hydrogen) atoms. The van der Waals surface area contributed by atoms with Gasteiger partial charge in [0, 0.05) is 0 Å². The molecule has 0 radical (unpaired) electrons. The molecule has 1 N–H and O–H groups in total. The molecule has 0 spiro atoms. The van der Waals surface area contributed by atoms with Crippen LogP contribution in [0.1, 0.15) is 51.3 Å². The molecule has 2 nitrogen and oxygen atoms in total. The van der Waals surface area contributed by atoms with Crippen molar-refractivity contribution >= 4 is 0 Å². The third-order valence-corrected chi connectivity index (χ3v) is 3.03. The van der Waals surface area contributed by atoms with Crippen molar-refractivity contribution < 1.29 is 4.74 Å². The monoisotopic (exact) mass is 249 g/mol. The summed E-state index contributed by atoms with van der Waals surface area (Å²) in [6.45, 7) is 10.3. The lowest BCUT2D eigenvalue weighted by molar-refractivity contribution is 0.0611. The molecule has 0 bridgehead atoms. The number of benzene rings is 1. The van der Waals surface area contributed by atoms with Crippen LogP contribution in [-0.4, -0.2) is 19.3 Å². The smallest absolute Gasteiger partial charge is 0.0664 e. The van der Waals surface area contributed by atoms with E-state index in [2.05, 4.69) is 57.3 Å². The van der Waals surface area contributed by atoms with E-state index in [0.29, 0.717) is 6.04 Å². The Hall–Kier alpha value is -0.860. The maximum absolute atomic E-state index is 5.75. The molecule has 1 unspecified atom stereocenters. The predicted molar refractivity (Wildman–Crippen MR) is 77.9 cm³/mol. The van der Waals surface area contributed by atoms with Crippen LogP contribution >= 0.6 is 0 Å². The first kappa shape index (κ1) is 15.2. The Bertz CT molecular complexity index is 318. The van der Waals surface area contributed by atoms with E-state index in [1.807, 2.05) is 0 Å². The molecule has 0 aliphatic carbocycles. The first-order valence-corrected chi connectivity index (χ1v) is 7.11. The van der Waals surface area contributed by atoms with Gasteiger partial charge in [0.1, 0.15) is 0 Å². The van der Waals surface area contributed by atoms with Crippen molar-refractivity contribution in [3.05, 3.63) is 35.4 Å². The summed E-state index contributed by atoms with van der Waals surface area (Å²) in [5.74, 6) is 0. The topological polar surface area (TPSA) is 21.3 Å². The first-order valence-electron chi connectivity index (χ1n) is 7.11. The lowest BCUT2D eigenvalue weighted by Gasteiger charge is -2.20. The van der Waals surface area contributed by atoms with Gasteiger partial charge in [-0.3, -0.25) is 0 Å². The number of hydrogen-bond acceptors (Lipinski definition) is 2. The molecular formula is C16H27NO. The molecule has 2 heteroatoms. The molecule has 1 atom stereocenters. The zero-order valence-corrected chi connectivity index (χ0v) is 12.2. The number of rotatable bonds is 8. The number of hydrogen-bond donors (Lipinski definition) is 1. The summed E-state index contributed by atoms with van der Waals surface area (Å²) < 4.78 is 5.75. The minimum absolute atomic E-state index is 0.283. The Morgan fingerprint density at radius 3 is 2.28 bits per heavy atom. The van der Waals surface area contributed by atoms with Crippen molar-refractivity contribution in [1.29, 1.82) is 0 Å². The van der Waals surface area contributed by atoms with Crippen LogP contribution in [0, 0.1) is 0 Å². The average molecular weight is 249 g/mol. The van der Waals surface area contributed by atoms with Gasteiger partial charge in [-0.05, 0) is 44.4 Å². The van der Waals surface area contributed by atoms with E-state index in [9.17, 15) is 0 Å². The van der Waals surface area contributed by atoms with Crippen LogP contribution in [0.5, 0.6) is 0 Å². The van der Waals surface area contributed by atoms with Gasteiger partial charge in [0.15, 0.2) is 0 Å². The Kier molecular flexibility index (Phi) is 6.99. The van der Waals surface area contributed by atoms with Crippen molar-refractivity contribution in [1.82, 2.24) is 5.32 Å². The first-order chi connectivity index (χ1) is 8.67. The lowest BCUT2D eigenvalue weighted by atomic mass is 10.0. The standard InChI is InChI=1S/C16H27NO/c1-5-11-17-16(12-18-13(3)4)15-9-7-14(6-2)8-10-15/h7-10,13,16-17H,5-6,11-12H2,1-4H3. The van der Waals surface area contributed by atoms with Crippen molar-refractivity contribution in [2.24, 2.45) is 0 Å². The van der Waals surface area contributed by atoms with Gasteiger partial charge >= 0.3 is 0 Å². The highest BCUT2D eigenvalue weighted by atomic mass is 16.5. The van der Waals surface area contributed by atoms with Gasteiger partial charge in [-0.1, -0.05) is 38.1 Å². The van der Waals surface area contributed by atoms with Gasteiger partial charge in [0.2, 0.25) is 0 Å². The predicted octanol–water partition coefficient (Wildman–Crippen LogP) is 3.71. The van der Waals surface area contributed by atoms with E-state index in [1.54, 1.807) is 0 Å². The summed E-state index contributed by atoms with van der Waals surface area (Å²) in [6.07, 6.45) is 2.52. The van der Waals surface area contributed by atoms with Gasteiger partial charge in [0.05, 0.1) is 18.8 Å². The molecule has 0 saturated carbocycles. The normalized spacial score (nSPS) is 12.9. The van der Waals surface area contributed by atoms with Crippen LogP contribution in [0.3, 0.4) is 0 Å². The molecule has 1 aromatic rings. The fourth-order valence-corrected chi connectivity index (χ4v) is 1.87. The molecule has 0 aliphatic heterocycles. The second kappa shape index (κ2) is 8.28. The van der Waals surface area contributed by atoms with Crippen LogP contribution in [0.4, 0.5) is 0 Å². The summed E-state index contributed by atoms with van der Waals surface area (Å²) in [4.78, 5) is 0. The summed E-state index contributed by atoms with van der Waals surface area (Å²) in [6, 6.07) is 9.17.